The number of rotatable bonds is 5. The van der Waals surface area contributed by atoms with Gasteiger partial charge in [0, 0.05) is 5.56 Å². The largest absolute Gasteiger partial charge is 0.493 e. The molecule has 0 aliphatic heterocycles. The minimum absolute atomic E-state index is 0.730. The Labute approximate surface area is 102 Å². The van der Waals surface area contributed by atoms with Crippen molar-refractivity contribution in [2.24, 2.45) is 0 Å². The molecule has 4 heteroatoms. The number of ether oxygens (including phenoxy) is 2. The van der Waals surface area contributed by atoms with E-state index in [1.54, 1.807) is 14.2 Å². The van der Waals surface area contributed by atoms with E-state index in [-0.39, 0.29) is 0 Å². The Morgan fingerprint density at radius 1 is 1.31 bits per heavy atom. The number of benzene rings is 1. The summed E-state index contributed by atoms with van der Waals surface area (Å²) in [5, 5.41) is 3.85. The average molecular weight is 244 g/mol. The molecule has 0 bridgehead atoms. The molecule has 0 spiro atoms. The Hall–Kier alpha value is -0.930. The van der Waals surface area contributed by atoms with Gasteiger partial charge in [-0.3, -0.25) is 0 Å². The fourth-order valence-corrected chi connectivity index (χ4v) is 1.90. The van der Waals surface area contributed by atoms with Gasteiger partial charge in [-0.05, 0) is 38.6 Å². The summed E-state index contributed by atoms with van der Waals surface area (Å²) in [6.45, 7) is 2.82. The van der Waals surface area contributed by atoms with Gasteiger partial charge in [0.15, 0.2) is 11.5 Å². The van der Waals surface area contributed by atoms with Crippen molar-refractivity contribution in [3.63, 3.8) is 0 Å². The van der Waals surface area contributed by atoms with Crippen molar-refractivity contribution in [2.45, 2.75) is 13.3 Å². The predicted octanol–water partition coefficient (Wildman–Crippen LogP) is 2.43. The number of hydrogen-bond donors (Lipinski definition) is 1. The van der Waals surface area contributed by atoms with Crippen LogP contribution in [0.1, 0.15) is 11.1 Å². The first kappa shape index (κ1) is 13.1. The van der Waals surface area contributed by atoms with Gasteiger partial charge in [-0.15, -0.1) is 0 Å². The third-order valence-electron chi connectivity index (χ3n) is 2.51. The van der Waals surface area contributed by atoms with Gasteiger partial charge in [0.25, 0.3) is 0 Å². The van der Waals surface area contributed by atoms with E-state index in [2.05, 4.69) is 5.32 Å². The smallest absolute Gasteiger partial charge is 0.165 e. The molecular weight excluding hydrogens is 226 g/mol. The van der Waals surface area contributed by atoms with E-state index in [0.29, 0.717) is 0 Å². The lowest BCUT2D eigenvalue weighted by atomic mass is 10.1. The van der Waals surface area contributed by atoms with E-state index < -0.39 is 0 Å². The molecular formula is C12H18ClNO2. The maximum Gasteiger partial charge on any atom is 0.165 e. The van der Waals surface area contributed by atoms with Crippen LogP contribution in [0.3, 0.4) is 0 Å². The number of likely N-dealkylation sites (N-methyl/N-ethyl adjacent to an activating group) is 1. The van der Waals surface area contributed by atoms with Crippen LogP contribution in [0.5, 0.6) is 11.5 Å². The second kappa shape index (κ2) is 5.97. The van der Waals surface area contributed by atoms with Crippen molar-refractivity contribution in [3.8, 4) is 11.5 Å². The number of aryl methyl sites for hydroxylation is 1. The van der Waals surface area contributed by atoms with Crippen LogP contribution in [0.2, 0.25) is 5.02 Å². The highest BCUT2D eigenvalue weighted by Crippen LogP contribution is 2.38. The third-order valence-corrected chi connectivity index (χ3v) is 3.03. The van der Waals surface area contributed by atoms with Gasteiger partial charge in [0.2, 0.25) is 0 Å². The summed E-state index contributed by atoms with van der Waals surface area (Å²) in [5.74, 6) is 1.46. The SMILES string of the molecule is CNCCc1c(Cl)c(C)cc(OC)c1OC. The molecule has 1 aromatic rings. The van der Waals surface area contributed by atoms with Crippen molar-refractivity contribution in [1.29, 1.82) is 0 Å². The zero-order chi connectivity index (χ0) is 12.1. The quantitative estimate of drug-likeness (QED) is 0.862. The Balaban J connectivity index is 3.23. The van der Waals surface area contributed by atoms with Crippen molar-refractivity contribution < 1.29 is 9.47 Å². The minimum atomic E-state index is 0.730. The van der Waals surface area contributed by atoms with Gasteiger partial charge in [0.05, 0.1) is 19.2 Å². The summed E-state index contributed by atoms with van der Waals surface area (Å²) in [4.78, 5) is 0. The van der Waals surface area contributed by atoms with Crippen LogP contribution < -0.4 is 14.8 Å². The molecule has 3 nitrogen and oxygen atoms in total. The highest BCUT2D eigenvalue weighted by Gasteiger charge is 2.15. The Bertz CT molecular complexity index is 367. The Morgan fingerprint density at radius 2 is 2.00 bits per heavy atom. The van der Waals surface area contributed by atoms with Gasteiger partial charge in [-0.1, -0.05) is 11.6 Å². The van der Waals surface area contributed by atoms with E-state index >= 15 is 0 Å². The maximum atomic E-state index is 6.28. The average Bonchev–Trinajstić information content (AvgIpc) is 2.30. The van der Waals surface area contributed by atoms with Crippen LogP contribution in [0.15, 0.2) is 6.07 Å². The molecule has 0 aliphatic carbocycles. The summed E-state index contributed by atoms with van der Waals surface area (Å²) in [6, 6.07) is 1.89. The summed E-state index contributed by atoms with van der Waals surface area (Å²) in [5.41, 5.74) is 2.00. The highest BCUT2D eigenvalue weighted by atomic mass is 35.5. The van der Waals surface area contributed by atoms with E-state index in [1.165, 1.54) is 0 Å². The van der Waals surface area contributed by atoms with Gasteiger partial charge in [-0.25, -0.2) is 0 Å². The predicted molar refractivity (Wildman–Crippen MR) is 66.9 cm³/mol. The molecule has 0 fully saturated rings. The number of nitrogens with one attached hydrogen (secondary N) is 1. The lowest BCUT2D eigenvalue weighted by molar-refractivity contribution is 0.351. The second-order valence-electron chi connectivity index (χ2n) is 3.58. The van der Waals surface area contributed by atoms with Crippen molar-refractivity contribution >= 4 is 11.6 Å². The molecule has 1 N–H and O–H groups in total. The number of methoxy groups -OCH3 is 2. The molecule has 0 saturated carbocycles. The minimum Gasteiger partial charge on any atom is -0.493 e. The summed E-state index contributed by atoms with van der Waals surface area (Å²) in [6.07, 6.45) is 0.816. The maximum absolute atomic E-state index is 6.28. The molecule has 0 heterocycles. The van der Waals surface area contributed by atoms with Gasteiger partial charge >= 0.3 is 0 Å². The third kappa shape index (κ3) is 2.60. The molecule has 0 amide bonds. The van der Waals surface area contributed by atoms with Crippen molar-refractivity contribution in [2.75, 3.05) is 27.8 Å². The van der Waals surface area contributed by atoms with Crippen LogP contribution in [-0.4, -0.2) is 27.8 Å². The molecule has 0 radical (unpaired) electrons. The summed E-state index contributed by atoms with van der Waals surface area (Å²) < 4.78 is 10.7. The van der Waals surface area contributed by atoms with E-state index in [4.69, 9.17) is 21.1 Å². The molecule has 1 aromatic carbocycles. The zero-order valence-electron chi connectivity index (χ0n) is 10.2. The fourth-order valence-electron chi connectivity index (χ4n) is 1.66. The molecule has 90 valence electrons. The first-order valence-electron chi connectivity index (χ1n) is 5.20. The highest BCUT2D eigenvalue weighted by molar-refractivity contribution is 6.32. The molecule has 0 saturated heterocycles. The molecule has 0 unspecified atom stereocenters. The number of halogens is 1. The van der Waals surface area contributed by atoms with Gasteiger partial charge in [0.1, 0.15) is 0 Å². The molecule has 1 rings (SSSR count). The van der Waals surface area contributed by atoms with E-state index in [0.717, 1.165) is 40.6 Å². The summed E-state index contributed by atoms with van der Waals surface area (Å²) in [7, 11) is 5.17. The Kier molecular flexibility index (Phi) is 4.90. The first-order chi connectivity index (χ1) is 7.65. The van der Waals surface area contributed by atoms with Gasteiger partial charge < -0.3 is 14.8 Å². The van der Waals surface area contributed by atoms with Crippen molar-refractivity contribution in [1.82, 2.24) is 5.32 Å². The van der Waals surface area contributed by atoms with Gasteiger partial charge in [-0.2, -0.15) is 0 Å². The lowest BCUT2D eigenvalue weighted by Crippen LogP contribution is -2.12. The van der Waals surface area contributed by atoms with Crippen LogP contribution in [0.4, 0.5) is 0 Å². The van der Waals surface area contributed by atoms with Crippen LogP contribution in [0, 0.1) is 6.92 Å². The van der Waals surface area contributed by atoms with E-state index in [1.807, 2.05) is 20.0 Å². The first-order valence-corrected chi connectivity index (χ1v) is 5.58. The molecule has 16 heavy (non-hydrogen) atoms. The van der Waals surface area contributed by atoms with E-state index in [9.17, 15) is 0 Å². The monoisotopic (exact) mass is 243 g/mol. The summed E-state index contributed by atoms with van der Waals surface area (Å²) >= 11 is 6.28. The molecule has 0 aliphatic rings. The standard InChI is InChI=1S/C12H18ClNO2/c1-8-7-10(15-3)12(16-4)9(11(8)13)5-6-14-2/h7,14H,5-6H2,1-4H3. The number of hydrogen-bond acceptors (Lipinski definition) is 3. The van der Waals surface area contributed by atoms with Crippen LogP contribution in [0.25, 0.3) is 0 Å². The molecule has 0 atom stereocenters. The lowest BCUT2D eigenvalue weighted by Gasteiger charge is -2.16. The fraction of sp³-hybridized carbons (Fsp3) is 0.500. The van der Waals surface area contributed by atoms with Crippen LogP contribution >= 0.6 is 11.6 Å². The second-order valence-corrected chi connectivity index (χ2v) is 3.95. The van der Waals surface area contributed by atoms with Crippen molar-refractivity contribution in [3.05, 3.63) is 22.2 Å². The zero-order valence-corrected chi connectivity index (χ0v) is 10.9. The Morgan fingerprint density at radius 3 is 2.50 bits per heavy atom. The molecule has 0 aromatic heterocycles. The van der Waals surface area contributed by atoms with Crippen LogP contribution in [-0.2, 0) is 6.42 Å². The normalized spacial score (nSPS) is 10.3. The topological polar surface area (TPSA) is 30.5 Å².